The third-order valence-corrected chi connectivity index (χ3v) is 9.65. The van der Waals surface area contributed by atoms with Gasteiger partial charge in [0.1, 0.15) is 0 Å². The molecule has 0 heterocycles. The summed E-state index contributed by atoms with van der Waals surface area (Å²) < 4.78 is 0. The molecule has 0 bridgehead atoms. The van der Waals surface area contributed by atoms with Gasteiger partial charge in [-0.05, 0) is 76.4 Å². The average molecular weight is 319 g/mol. The summed E-state index contributed by atoms with van der Waals surface area (Å²) in [6.07, 6.45) is 1.41. The Morgan fingerprint density at radius 3 is 1.17 bits per heavy atom. The Morgan fingerprint density at radius 1 is 0.478 bits per heavy atom. The third kappa shape index (κ3) is 2.29. The van der Waals surface area contributed by atoms with E-state index < -0.39 is 0 Å². The molecule has 0 aromatic carbocycles. The third-order valence-electron chi connectivity index (χ3n) is 9.65. The molecule has 0 aliphatic heterocycles. The molecule has 0 nitrogen and oxygen atoms in total. The van der Waals surface area contributed by atoms with Crippen LogP contribution in [0.5, 0.6) is 0 Å². The van der Waals surface area contributed by atoms with Crippen LogP contribution in [0.3, 0.4) is 0 Å². The van der Waals surface area contributed by atoms with E-state index in [9.17, 15) is 0 Å². The maximum atomic E-state index is 2.60. The molecule has 0 spiro atoms. The predicted octanol–water partition coefficient (Wildman–Crippen LogP) is 6.75. The van der Waals surface area contributed by atoms with Gasteiger partial charge in [-0.3, -0.25) is 0 Å². The largest absolute Gasteiger partial charge is 0.0620 e. The van der Waals surface area contributed by atoms with Crippen LogP contribution in [0.2, 0.25) is 0 Å². The molecule has 3 aliphatic carbocycles. The highest BCUT2D eigenvalue weighted by Gasteiger charge is 2.64. The van der Waals surface area contributed by atoms with Gasteiger partial charge in [-0.15, -0.1) is 0 Å². The Hall–Kier alpha value is 0. The Kier molecular flexibility index (Phi) is 4.06. The fraction of sp³-hybridized carbons (Fsp3) is 1.00. The predicted molar refractivity (Wildman–Crippen MR) is 101 cm³/mol. The first kappa shape index (κ1) is 17.8. The van der Waals surface area contributed by atoms with Gasteiger partial charge in [-0.25, -0.2) is 0 Å². The minimum atomic E-state index is 0.497. The lowest BCUT2D eigenvalue weighted by Crippen LogP contribution is -2.64. The van der Waals surface area contributed by atoms with Crippen LogP contribution in [0, 0.1) is 70.0 Å². The van der Waals surface area contributed by atoms with Crippen molar-refractivity contribution in [3.05, 3.63) is 0 Å². The van der Waals surface area contributed by atoms with Crippen LogP contribution in [-0.2, 0) is 0 Å². The molecule has 3 fully saturated rings. The van der Waals surface area contributed by atoms with Gasteiger partial charge in [0.2, 0.25) is 0 Å². The van der Waals surface area contributed by atoms with Crippen molar-refractivity contribution in [1.29, 1.82) is 0 Å². The second-order valence-corrected chi connectivity index (χ2v) is 11.5. The lowest BCUT2D eigenvalue weighted by atomic mass is 9.35. The zero-order chi connectivity index (χ0) is 17.5. The van der Waals surface area contributed by atoms with Crippen LogP contribution in [0.25, 0.3) is 0 Å². The van der Waals surface area contributed by atoms with E-state index in [2.05, 4.69) is 69.2 Å². The van der Waals surface area contributed by atoms with Crippen LogP contribution < -0.4 is 0 Å². The van der Waals surface area contributed by atoms with Crippen LogP contribution in [0.1, 0.15) is 75.7 Å². The van der Waals surface area contributed by atoms with Crippen LogP contribution >= 0.6 is 0 Å². The highest BCUT2D eigenvalue weighted by molar-refractivity contribution is 5.12. The Labute approximate surface area is 146 Å². The summed E-state index contributed by atoms with van der Waals surface area (Å²) >= 11 is 0. The van der Waals surface area contributed by atoms with Gasteiger partial charge < -0.3 is 0 Å². The molecular formula is C23H42. The van der Waals surface area contributed by atoms with Gasteiger partial charge in [0.25, 0.3) is 0 Å². The minimum absolute atomic E-state index is 0.497. The highest BCUT2D eigenvalue weighted by atomic mass is 14.7. The number of hydrogen-bond acceptors (Lipinski definition) is 0. The van der Waals surface area contributed by atoms with Crippen molar-refractivity contribution < 1.29 is 0 Å². The first-order valence-electron chi connectivity index (χ1n) is 10.4. The summed E-state index contributed by atoms with van der Waals surface area (Å²) in [6, 6.07) is 0. The maximum Gasteiger partial charge on any atom is -0.0300 e. The topological polar surface area (TPSA) is 0 Å². The van der Waals surface area contributed by atoms with Crippen LogP contribution in [0.15, 0.2) is 0 Å². The van der Waals surface area contributed by atoms with Crippen molar-refractivity contribution in [3.8, 4) is 0 Å². The molecule has 0 aromatic heterocycles. The van der Waals surface area contributed by atoms with E-state index in [0.717, 1.165) is 59.2 Å². The van der Waals surface area contributed by atoms with E-state index in [1.165, 1.54) is 6.42 Å². The Balaban J connectivity index is 2.16. The number of hydrogen-bond donors (Lipinski definition) is 0. The molecule has 0 amide bonds. The van der Waals surface area contributed by atoms with Crippen molar-refractivity contribution in [2.45, 2.75) is 75.7 Å². The van der Waals surface area contributed by atoms with Crippen molar-refractivity contribution in [3.63, 3.8) is 0 Å². The smallest absolute Gasteiger partial charge is 0.0300 e. The summed E-state index contributed by atoms with van der Waals surface area (Å²) in [7, 11) is 0. The molecule has 0 radical (unpaired) electrons. The summed E-state index contributed by atoms with van der Waals surface area (Å²) in [5.74, 6) is 9.06. The van der Waals surface area contributed by atoms with Crippen LogP contribution in [-0.4, -0.2) is 0 Å². The maximum absolute atomic E-state index is 2.60. The summed E-state index contributed by atoms with van der Waals surface area (Å²) in [4.78, 5) is 0. The van der Waals surface area contributed by atoms with Crippen molar-refractivity contribution in [2.75, 3.05) is 0 Å². The lowest BCUT2D eigenvalue weighted by Gasteiger charge is -2.69. The summed E-state index contributed by atoms with van der Waals surface area (Å²) in [5.41, 5.74) is 0.994. The highest BCUT2D eigenvalue weighted by Crippen LogP contribution is 2.69. The molecule has 23 heavy (non-hydrogen) atoms. The quantitative estimate of drug-likeness (QED) is 0.463. The van der Waals surface area contributed by atoms with Gasteiger partial charge in [0.15, 0.2) is 0 Å². The Bertz CT molecular complexity index is 419. The first-order valence-corrected chi connectivity index (χ1v) is 10.4. The summed E-state index contributed by atoms with van der Waals surface area (Å²) in [6.45, 7) is 25.9. The van der Waals surface area contributed by atoms with E-state index in [1.807, 2.05) is 0 Å². The van der Waals surface area contributed by atoms with E-state index in [1.54, 1.807) is 0 Å². The molecule has 0 aromatic rings. The van der Waals surface area contributed by atoms with E-state index >= 15 is 0 Å². The monoisotopic (exact) mass is 318 g/mol. The lowest BCUT2D eigenvalue weighted by molar-refractivity contribution is -0.215. The molecule has 8 atom stereocenters. The van der Waals surface area contributed by atoms with Gasteiger partial charge in [-0.1, -0.05) is 69.2 Å². The molecule has 3 aliphatic rings. The Morgan fingerprint density at radius 2 is 0.826 bits per heavy atom. The van der Waals surface area contributed by atoms with Gasteiger partial charge in [0.05, 0.1) is 0 Å². The zero-order valence-electron chi connectivity index (χ0n) is 17.5. The first-order chi connectivity index (χ1) is 10.4. The molecule has 134 valence electrons. The molecular weight excluding hydrogens is 276 g/mol. The van der Waals surface area contributed by atoms with Gasteiger partial charge in [0, 0.05) is 0 Å². The fourth-order valence-electron chi connectivity index (χ4n) is 8.77. The van der Waals surface area contributed by atoms with Crippen molar-refractivity contribution in [1.82, 2.24) is 0 Å². The molecule has 0 N–H and O–H groups in total. The normalized spacial score (nSPS) is 57.7. The van der Waals surface area contributed by atoms with Crippen molar-refractivity contribution >= 4 is 0 Å². The molecule has 3 rings (SSSR count). The van der Waals surface area contributed by atoms with Gasteiger partial charge >= 0.3 is 0 Å². The minimum Gasteiger partial charge on any atom is -0.0620 e. The molecule has 8 unspecified atom stereocenters. The van der Waals surface area contributed by atoms with E-state index in [4.69, 9.17) is 0 Å². The van der Waals surface area contributed by atoms with E-state index in [0.29, 0.717) is 10.8 Å². The standard InChI is InChI=1S/C23H42/c1-12-14(3)18-15(4)13(2)17(6)21-19(18)20(16(12)5)22(7,8)11-23(21,9)10/h12-21H,11H2,1-10H3. The van der Waals surface area contributed by atoms with E-state index in [-0.39, 0.29) is 0 Å². The molecule has 0 saturated heterocycles. The van der Waals surface area contributed by atoms with Gasteiger partial charge in [-0.2, -0.15) is 0 Å². The molecule has 0 heteroatoms. The fourth-order valence-corrected chi connectivity index (χ4v) is 8.77. The van der Waals surface area contributed by atoms with Crippen molar-refractivity contribution in [2.24, 2.45) is 70.0 Å². The number of rotatable bonds is 0. The average Bonchev–Trinajstić information content (AvgIpc) is 2.39. The second kappa shape index (κ2) is 5.25. The van der Waals surface area contributed by atoms with Crippen LogP contribution in [0.4, 0.5) is 0 Å². The summed E-state index contributed by atoms with van der Waals surface area (Å²) in [5, 5.41) is 0. The molecule has 3 saturated carbocycles. The second-order valence-electron chi connectivity index (χ2n) is 11.5. The zero-order valence-corrected chi connectivity index (χ0v) is 17.5. The SMILES string of the molecule is CC1C(C)C2C(C)C(C)C(C)C3C2C(C1C)C(C)(C)CC3(C)C.